The number of methoxy groups -OCH3 is 1. The number of nitrogens with two attached hydrogens (primary N) is 1. The summed E-state index contributed by atoms with van der Waals surface area (Å²) in [5, 5.41) is 17.5. The lowest BCUT2D eigenvalue weighted by molar-refractivity contribution is -0.144. The maximum Gasteiger partial charge on any atom is 0.306 e. The van der Waals surface area contributed by atoms with E-state index in [4.69, 9.17) is 10.5 Å². The molecular weight excluding hydrogens is 441 g/mol. The zero-order valence-corrected chi connectivity index (χ0v) is 18.5. The topological polar surface area (TPSA) is 142 Å². The number of benzene rings is 1. The first-order valence-electron chi connectivity index (χ1n) is 10.3. The second-order valence-corrected chi connectivity index (χ2v) is 7.83. The number of carboxylic acids is 1. The van der Waals surface area contributed by atoms with Crippen molar-refractivity contribution in [3.63, 3.8) is 0 Å². The number of anilines is 1. The summed E-state index contributed by atoms with van der Waals surface area (Å²) in [7, 11) is 1.45. The number of ether oxygens (including phenoxy) is 1. The van der Waals surface area contributed by atoms with Crippen molar-refractivity contribution in [3.8, 4) is 22.6 Å². The van der Waals surface area contributed by atoms with Crippen molar-refractivity contribution < 1.29 is 19.0 Å². The molecule has 4 rings (SSSR count). The van der Waals surface area contributed by atoms with Crippen molar-refractivity contribution in [1.29, 1.82) is 0 Å². The number of carboxylic acid groups (broad SMARTS) is 1. The Kier molecular flexibility index (Phi) is 6.28. The van der Waals surface area contributed by atoms with E-state index < -0.39 is 11.6 Å². The number of aliphatic carboxylic acids is 1. The van der Waals surface area contributed by atoms with E-state index in [1.54, 1.807) is 54.2 Å². The summed E-state index contributed by atoms with van der Waals surface area (Å²) in [5.41, 5.74) is 7.86. The number of hydrogen-bond acceptors (Lipinski definition) is 8. The molecule has 0 amide bonds. The average molecular weight is 463 g/mol. The Morgan fingerprint density at radius 2 is 1.88 bits per heavy atom. The van der Waals surface area contributed by atoms with Gasteiger partial charge in [-0.25, -0.2) is 19.0 Å². The van der Waals surface area contributed by atoms with E-state index in [0.717, 1.165) is 0 Å². The second-order valence-electron chi connectivity index (χ2n) is 7.83. The first-order chi connectivity index (χ1) is 16.3. The minimum atomic E-state index is -1.07. The molecule has 4 aromatic rings. The fraction of sp³-hybridized carbons (Fsp3) is 0.217. The van der Waals surface area contributed by atoms with Crippen LogP contribution < -0.4 is 5.73 Å². The third-order valence-corrected chi connectivity index (χ3v) is 5.28. The lowest BCUT2D eigenvalue weighted by Gasteiger charge is -2.26. The van der Waals surface area contributed by atoms with Gasteiger partial charge in [-0.05, 0) is 37.3 Å². The number of halogens is 1. The van der Waals surface area contributed by atoms with Crippen LogP contribution in [0.5, 0.6) is 0 Å². The number of nitrogens with zero attached hydrogens (tertiary/aromatic N) is 6. The molecule has 0 saturated carbocycles. The molecule has 3 aromatic heterocycles. The number of nitrogen functional groups attached to an aromatic ring is 1. The van der Waals surface area contributed by atoms with Crippen LogP contribution in [-0.4, -0.2) is 48.1 Å². The molecule has 0 bridgehead atoms. The summed E-state index contributed by atoms with van der Waals surface area (Å²) in [6.45, 7) is 1.96. The summed E-state index contributed by atoms with van der Waals surface area (Å²) >= 11 is 0. The lowest BCUT2D eigenvalue weighted by Crippen LogP contribution is -2.29. The van der Waals surface area contributed by atoms with Crippen LogP contribution in [0.2, 0.25) is 0 Å². The van der Waals surface area contributed by atoms with Gasteiger partial charge in [0.2, 0.25) is 5.95 Å². The minimum Gasteiger partial charge on any atom is -0.481 e. The molecule has 11 heteroatoms. The molecule has 1 unspecified atom stereocenters. The smallest absolute Gasteiger partial charge is 0.306 e. The van der Waals surface area contributed by atoms with Crippen LogP contribution in [0, 0.1) is 5.82 Å². The average Bonchev–Trinajstić information content (AvgIpc) is 3.27. The van der Waals surface area contributed by atoms with Gasteiger partial charge in [0.05, 0.1) is 41.9 Å². The summed E-state index contributed by atoms with van der Waals surface area (Å²) in [6.07, 6.45) is 1.45. The largest absolute Gasteiger partial charge is 0.481 e. The molecule has 1 atom stereocenters. The maximum absolute atomic E-state index is 13.6. The van der Waals surface area contributed by atoms with Gasteiger partial charge in [-0.3, -0.25) is 9.78 Å². The third-order valence-electron chi connectivity index (χ3n) is 5.28. The van der Waals surface area contributed by atoms with E-state index in [0.29, 0.717) is 34.0 Å². The summed E-state index contributed by atoms with van der Waals surface area (Å²) in [6, 6.07) is 13.0. The van der Waals surface area contributed by atoms with Crippen molar-refractivity contribution >= 4 is 11.9 Å². The van der Waals surface area contributed by atoms with E-state index in [1.807, 2.05) is 0 Å². The van der Waals surface area contributed by atoms with Gasteiger partial charge in [0.25, 0.3) is 0 Å². The van der Waals surface area contributed by atoms with Crippen LogP contribution in [0.25, 0.3) is 22.6 Å². The highest BCUT2D eigenvalue weighted by atomic mass is 19.1. The normalized spacial score (nSPS) is 12.9. The van der Waals surface area contributed by atoms with Crippen LogP contribution in [-0.2, 0) is 21.7 Å². The van der Waals surface area contributed by atoms with Gasteiger partial charge < -0.3 is 15.6 Å². The molecule has 10 nitrogen and oxygen atoms in total. The Bertz CT molecular complexity index is 1340. The van der Waals surface area contributed by atoms with E-state index >= 15 is 0 Å². The molecule has 3 N–H and O–H groups in total. The molecule has 0 fully saturated rings. The van der Waals surface area contributed by atoms with Gasteiger partial charge in [0.1, 0.15) is 17.1 Å². The lowest BCUT2D eigenvalue weighted by atomic mass is 9.97. The van der Waals surface area contributed by atoms with E-state index in [2.05, 4.69) is 25.3 Å². The molecule has 0 saturated heterocycles. The standard InChI is InChI=1S/C23H22FN7O3/c1-23(34-2,11-21(32)33)20-8-4-7-16(26-20)12-31-13-19(29-30-31)18-10-17(27-22(25)28-18)14-5-3-6-15(24)9-14/h3-10,13H,11-12H2,1-2H3,(H,32,33)(H2,25,27,28). The number of pyridine rings is 1. The highest BCUT2D eigenvalue weighted by Crippen LogP contribution is 2.27. The molecule has 0 aliphatic heterocycles. The molecule has 3 heterocycles. The van der Waals surface area contributed by atoms with E-state index in [9.17, 15) is 14.3 Å². The van der Waals surface area contributed by atoms with Crippen molar-refractivity contribution in [2.75, 3.05) is 12.8 Å². The van der Waals surface area contributed by atoms with Gasteiger partial charge in [0, 0.05) is 12.7 Å². The van der Waals surface area contributed by atoms with Crippen molar-refractivity contribution in [2.24, 2.45) is 0 Å². The van der Waals surface area contributed by atoms with Crippen LogP contribution in [0.15, 0.2) is 54.7 Å². The van der Waals surface area contributed by atoms with E-state index in [-0.39, 0.29) is 24.7 Å². The highest BCUT2D eigenvalue weighted by Gasteiger charge is 2.31. The first-order valence-corrected chi connectivity index (χ1v) is 10.3. The number of hydrogen-bond donors (Lipinski definition) is 2. The van der Waals surface area contributed by atoms with Crippen LogP contribution in [0.3, 0.4) is 0 Å². The van der Waals surface area contributed by atoms with Crippen molar-refractivity contribution in [1.82, 2.24) is 29.9 Å². The molecule has 0 spiro atoms. The molecule has 174 valence electrons. The van der Waals surface area contributed by atoms with E-state index in [1.165, 1.54) is 19.2 Å². The zero-order chi connectivity index (χ0) is 24.3. The Morgan fingerprint density at radius 1 is 1.12 bits per heavy atom. The monoisotopic (exact) mass is 463 g/mol. The Labute approximate surface area is 194 Å². The summed E-state index contributed by atoms with van der Waals surface area (Å²) in [5.74, 6) is -1.35. The third kappa shape index (κ3) is 5.04. The predicted octanol–water partition coefficient (Wildman–Crippen LogP) is 2.90. The van der Waals surface area contributed by atoms with Gasteiger partial charge >= 0.3 is 5.97 Å². The van der Waals surface area contributed by atoms with Gasteiger partial charge in [0.15, 0.2) is 0 Å². The van der Waals surface area contributed by atoms with Gasteiger partial charge in [-0.1, -0.05) is 23.4 Å². The molecule has 1 aromatic carbocycles. The molecule has 34 heavy (non-hydrogen) atoms. The van der Waals surface area contributed by atoms with Gasteiger partial charge in [-0.2, -0.15) is 0 Å². The number of carbonyl (C=O) groups is 1. The predicted molar refractivity (Wildman–Crippen MR) is 121 cm³/mol. The maximum atomic E-state index is 13.6. The van der Waals surface area contributed by atoms with Gasteiger partial charge in [-0.15, -0.1) is 5.10 Å². The van der Waals surface area contributed by atoms with Crippen LogP contribution in [0.4, 0.5) is 10.3 Å². The minimum absolute atomic E-state index is 0.0259. The quantitative estimate of drug-likeness (QED) is 0.403. The van der Waals surface area contributed by atoms with Crippen molar-refractivity contribution in [2.45, 2.75) is 25.5 Å². The SMILES string of the molecule is COC(C)(CC(=O)O)c1cccc(Cn2cc(-c3cc(-c4cccc(F)c4)nc(N)n3)nn2)n1. The number of aromatic nitrogens is 6. The fourth-order valence-corrected chi connectivity index (χ4v) is 3.47. The second kappa shape index (κ2) is 9.32. The fourth-order valence-electron chi connectivity index (χ4n) is 3.47. The Hall–Kier alpha value is -4.25. The summed E-state index contributed by atoms with van der Waals surface area (Å²) in [4.78, 5) is 24.2. The number of rotatable bonds is 8. The first kappa shape index (κ1) is 22.9. The molecule has 0 radical (unpaired) electrons. The van der Waals surface area contributed by atoms with Crippen LogP contribution in [0.1, 0.15) is 24.7 Å². The zero-order valence-electron chi connectivity index (χ0n) is 18.5. The molecular formula is C23H22FN7O3. The Morgan fingerprint density at radius 3 is 2.62 bits per heavy atom. The highest BCUT2D eigenvalue weighted by molar-refractivity contribution is 5.68. The van der Waals surface area contributed by atoms with Crippen molar-refractivity contribution in [3.05, 3.63) is 71.9 Å². The molecule has 0 aliphatic carbocycles. The molecule has 0 aliphatic rings. The van der Waals surface area contributed by atoms with Crippen LogP contribution >= 0.6 is 0 Å². The summed E-state index contributed by atoms with van der Waals surface area (Å²) < 4.78 is 20.6. The Balaban J connectivity index is 1.59.